The first-order chi connectivity index (χ1) is 16.2. The van der Waals surface area contributed by atoms with Crippen molar-refractivity contribution >= 4 is 29.2 Å². The average molecular weight is 489 g/mol. The van der Waals surface area contributed by atoms with Gasteiger partial charge >= 0.3 is 0 Å². The third-order valence-electron chi connectivity index (χ3n) is 6.51. The topological polar surface area (TPSA) is 118 Å². The van der Waals surface area contributed by atoms with Crippen LogP contribution in [-0.4, -0.2) is 41.0 Å². The van der Waals surface area contributed by atoms with E-state index in [2.05, 4.69) is 10.6 Å². The molecular weight excluding hydrogens is 467 g/mol. The number of hydrogen-bond acceptors (Lipinski definition) is 6. The largest absolute Gasteiger partial charge is 0.484 e. The molecule has 1 aromatic heterocycles. The molecule has 2 bridgehead atoms. The SMILES string of the molecule is O=C(COc1ccc(Cl)c(F)c1)NC12CC(=C(NC(=O)c3coc4c3C(=O)CCC4)C(O)C1)C2. The molecule has 34 heavy (non-hydrogen) atoms. The van der Waals surface area contributed by atoms with Crippen LogP contribution in [0.2, 0.25) is 5.02 Å². The highest BCUT2D eigenvalue weighted by Crippen LogP contribution is 2.48. The van der Waals surface area contributed by atoms with Crippen LogP contribution in [-0.2, 0) is 11.2 Å². The lowest BCUT2D eigenvalue weighted by Crippen LogP contribution is -2.61. The van der Waals surface area contributed by atoms with Crippen LogP contribution < -0.4 is 15.4 Å². The van der Waals surface area contributed by atoms with Gasteiger partial charge in [-0.2, -0.15) is 0 Å². The van der Waals surface area contributed by atoms with Gasteiger partial charge in [-0.3, -0.25) is 14.4 Å². The van der Waals surface area contributed by atoms with Crippen molar-refractivity contribution in [1.82, 2.24) is 10.6 Å². The fraction of sp³-hybridized carbons (Fsp3) is 0.375. The predicted octanol–water partition coefficient (Wildman–Crippen LogP) is 3.07. The first-order valence-corrected chi connectivity index (χ1v) is 11.4. The number of furan rings is 1. The van der Waals surface area contributed by atoms with E-state index in [1.54, 1.807) is 0 Å². The van der Waals surface area contributed by atoms with Crippen molar-refractivity contribution in [2.24, 2.45) is 0 Å². The van der Waals surface area contributed by atoms with Crippen LogP contribution in [0.4, 0.5) is 4.39 Å². The number of amides is 2. The van der Waals surface area contributed by atoms with Crippen molar-refractivity contribution in [2.45, 2.75) is 50.2 Å². The fourth-order valence-corrected chi connectivity index (χ4v) is 5.06. The van der Waals surface area contributed by atoms with Crippen molar-refractivity contribution in [1.29, 1.82) is 0 Å². The number of aliphatic hydroxyl groups excluding tert-OH is 1. The number of hydrogen-bond donors (Lipinski definition) is 3. The van der Waals surface area contributed by atoms with Gasteiger partial charge in [-0.25, -0.2) is 4.39 Å². The minimum atomic E-state index is -0.980. The lowest BCUT2D eigenvalue weighted by atomic mass is 9.63. The second-order valence-electron chi connectivity index (χ2n) is 8.96. The Morgan fingerprint density at radius 2 is 2.09 bits per heavy atom. The molecule has 2 amide bonds. The molecule has 178 valence electrons. The zero-order valence-corrected chi connectivity index (χ0v) is 18.8. The van der Waals surface area contributed by atoms with E-state index >= 15 is 0 Å². The summed E-state index contributed by atoms with van der Waals surface area (Å²) in [4.78, 5) is 37.5. The average Bonchev–Trinajstić information content (AvgIpc) is 3.21. The number of ketones is 1. The Labute approximate surface area is 199 Å². The summed E-state index contributed by atoms with van der Waals surface area (Å²) in [5.74, 6) is -0.950. The minimum Gasteiger partial charge on any atom is -0.484 e. The number of benzene rings is 1. The van der Waals surface area contributed by atoms with Crippen LogP contribution in [0.25, 0.3) is 0 Å². The number of carbonyl (C=O) groups excluding carboxylic acids is 3. The Morgan fingerprint density at radius 1 is 1.29 bits per heavy atom. The maximum atomic E-state index is 13.5. The van der Waals surface area contributed by atoms with Crippen molar-refractivity contribution < 1.29 is 33.0 Å². The number of halogens is 2. The number of aliphatic hydroxyl groups is 1. The molecule has 1 aromatic carbocycles. The van der Waals surface area contributed by atoms with Crippen molar-refractivity contribution in [2.75, 3.05) is 6.61 Å². The van der Waals surface area contributed by atoms with Gasteiger partial charge in [0, 0.05) is 31.0 Å². The molecule has 3 N–H and O–H groups in total. The summed E-state index contributed by atoms with van der Waals surface area (Å²) in [6.07, 6.45) is 3.17. The minimum absolute atomic E-state index is 0.0391. The maximum Gasteiger partial charge on any atom is 0.259 e. The first-order valence-electron chi connectivity index (χ1n) is 11.0. The molecule has 0 radical (unpaired) electrons. The van der Waals surface area contributed by atoms with Gasteiger partial charge in [0.2, 0.25) is 0 Å². The number of nitrogens with one attached hydrogen (secondary N) is 2. The molecule has 4 aliphatic carbocycles. The first kappa shape index (κ1) is 22.6. The number of ether oxygens (including phenoxy) is 1. The van der Waals surface area contributed by atoms with Crippen molar-refractivity contribution in [3.8, 4) is 5.75 Å². The lowest BCUT2D eigenvalue weighted by Gasteiger charge is -2.51. The molecule has 1 atom stereocenters. The molecule has 6 rings (SSSR count). The molecule has 10 heteroatoms. The fourth-order valence-electron chi connectivity index (χ4n) is 4.95. The van der Waals surface area contributed by atoms with E-state index in [4.69, 9.17) is 20.8 Å². The molecule has 0 aliphatic heterocycles. The molecule has 2 aromatic rings. The summed E-state index contributed by atoms with van der Waals surface area (Å²) in [5, 5.41) is 16.2. The normalized spacial score (nSPS) is 23.1. The summed E-state index contributed by atoms with van der Waals surface area (Å²) in [5.41, 5.74) is 1.12. The quantitative estimate of drug-likeness (QED) is 0.575. The monoisotopic (exact) mass is 488 g/mol. The summed E-state index contributed by atoms with van der Waals surface area (Å²) >= 11 is 5.64. The van der Waals surface area contributed by atoms with Crippen LogP contribution in [0.3, 0.4) is 0 Å². The molecule has 0 spiro atoms. The molecule has 1 fully saturated rings. The van der Waals surface area contributed by atoms with Gasteiger partial charge in [-0.1, -0.05) is 11.6 Å². The second kappa shape index (κ2) is 8.56. The number of rotatable bonds is 6. The highest BCUT2D eigenvalue weighted by molar-refractivity contribution is 6.30. The van der Waals surface area contributed by atoms with Gasteiger partial charge < -0.3 is 24.9 Å². The number of fused-ring (bicyclic) bond motifs is 3. The Morgan fingerprint density at radius 3 is 2.82 bits per heavy atom. The van der Waals surface area contributed by atoms with Crippen LogP contribution >= 0.6 is 11.6 Å². The van der Waals surface area contributed by atoms with Crippen LogP contribution in [0, 0.1) is 5.82 Å². The third kappa shape index (κ3) is 4.10. The summed E-state index contributed by atoms with van der Waals surface area (Å²) in [6, 6.07) is 3.90. The number of Topliss-reactive ketones (excluding diaryl/α,β-unsaturated/α-hetero) is 1. The van der Waals surface area contributed by atoms with Crippen LogP contribution in [0.5, 0.6) is 5.75 Å². The third-order valence-corrected chi connectivity index (χ3v) is 6.82. The van der Waals surface area contributed by atoms with E-state index in [1.807, 2.05) is 0 Å². The number of aryl methyl sites for hydroxylation is 1. The van der Waals surface area contributed by atoms with E-state index in [-0.39, 0.29) is 35.1 Å². The van der Waals surface area contributed by atoms with E-state index in [1.165, 1.54) is 18.4 Å². The zero-order chi connectivity index (χ0) is 24.0. The van der Waals surface area contributed by atoms with Crippen LogP contribution in [0.1, 0.15) is 58.6 Å². The van der Waals surface area contributed by atoms with Gasteiger partial charge in [0.25, 0.3) is 11.8 Å². The smallest absolute Gasteiger partial charge is 0.259 e. The van der Waals surface area contributed by atoms with Gasteiger partial charge in [0.1, 0.15) is 23.6 Å². The van der Waals surface area contributed by atoms with Crippen molar-refractivity contribution in [3.05, 3.63) is 63.5 Å². The molecular formula is C24H22ClFN2O6. The molecule has 1 heterocycles. The summed E-state index contributed by atoms with van der Waals surface area (Å²) < 4.78 is 24.2. The van der Waals surface area contributed by atoms with Crippen molar-refractivity contribution in [3.63, 3.8) is 0 Å². The van der Waals surface area contributed by atoms with E-state index < -0.39 is 29.3 Å². The molecule has 1 unspecified atom stereocenters. The van der Waals surface area contributed by atoms with Gasteiger partial charge in [-0.05, 0) is 37.0 Å². The molecule has 1 saturated carbocycles. The zero-order valence-electron chi connectivity index (χ0n) is 18.1. The van der Waals surface area contributed by atoms with Gasteiger partial charge in [-0.15, -0.1) is 0 Å². The Kier molecular flexibility index (Phi) is 5.69. The van der Waals surface area contributed by atoms with Gasteiger partial charge in [0.05, 0.1) is 27.8 Å². The Hall–Kier alpha value is -3.17. The Balaban J connectivity index is 1.20. The highest BCUT2D eigenvalue weighted by atomic mass is 35.5. The van der Waals surface area contributed by atoms with E-state index in [0.717, 1.165) is 11.6 Å². The Bertz CT molecular complexity index is 1230. The summed E-state index contributed by atoms with van der Waals surface area (Å²) in [7, 11) is 0. The van der Waals surface area contributed by atoms with Gasteiger partial charge in [0.15, 0.2) is 12.4 Å². The van der Waals surface area contributed by atoms with Crippen LogP contribution in [0.15, 0.2) is 40.1 Å². The number of carbonyl (C=O) groups is 3. The van der Waals surface area contributed by atoms with E-state index in [9.17, 15) is 23.9 Å². The highest BCUT2D eigenvalue weighted by Gasteiger charge is 2.50. The maximum absolute atomic E-state index is 13.5. The molecule has 8 nitrogen and oxygen atoms in total. The molecule has 4 aliphatic rings. The summed E-state index contributed by atoms with van der Waals surface area (Å²) in [6.45, 7) is -0.318. The standard InChI is InChI=1S/C24H22ClFN2O6/c25-15-5-4-13(6-16(15)26)33-11-20(31)28-24-7-12(8-24)22(18(30)9-24)27-23(32)14-10-34-19-3-1-2-17(29)21(14)19/h4-6,10,18,30H,1-3,7-9,11H2,(H,27,32)(H,28,31). The second-order valence-corrected chi connectivity index (χ2v) is 9.37. The lowest BCUT2D eigenvalue weighted by molar-refractivity contribution is -0.126. The predicted molar refractivity (Wildman–Crippen MR) is 118 cm³/mol. The van der Waals surface area contributed by atoms with E-state index in [0.29, 0.717) is 49.1 Å². The molecule has 0 saturated heterocycles.